The van der Waals surface area contributed by atoms with Gasteiger partial charge in [0.2, 0.25) is 0 Å². The van der Waals surface area contributed by atoms with Crippen LogP contribution in [0, 0.1) is 0 Å². The highest BCUT2D eigenvalue weighted by Gasteiger charge is 2.25. The van der Waals surface area contributed by atoms with Crippen molar-refractivity contribution in [2.24, 2.45) is 0 Å². The molecule has 14 heavy (non-hydrogen) atoms. The maximum absolute atomic E-state index is 9.82. The molecule has 82 valence electrons. The van der Waals surface area contributed by atoms with E-state index in [1.165, 1.54) is 25.7 Å². The van der Waals surface area contributed by atoms with Crippen molar-refractivity contribution >= 4 is 0 Å². The van der Waals surface area contributed by atoms with Crippen molar-refractivity contribution in [3.8, 4) is 0 Å². The van der Waals surface area contributed by atoms with Crippen LogP contribution in [0.25, 0.3) is 0 Å². The van der Waals surface area contributed by atoms with E-state index in [0.717, 1.165) is 25.9 Å². The van der Waals surface area contributed by atoms with Crippen LogP contribution in [0.5, 0.6) is 0 Å². The van der Waals surface area contributed by atoms with Gasteiger partial charge in [-0.15, -0.1) is 0 Å². The Labute approximate surface area is 86.3 Å². The summed E-state index contributed by atoms with van der Waals surface area (Å²) >= 11 is 0. The molecule has 0 aromatic rings. The quantitative estimate of drug-likeness (QED) is 0.610. The van der Waals surface area contributed by atoms with Gasteiger partial charge in [0, 0.05) is 12.1 Å². The summed E-state index contributed by atoms with van der Waals surface area (Å²) in [5, 5.41) is 16.8. The summed E-state index contributed by atoms with van der Waals surface area (Å²) in [6.45, 7) is 2.25. The fourth-order valence-corrected chi connectivity index (χ4v) is 2.60. The number of piperidine rings is 1. The minimum Gasteiger partial charge on any atom is -0.392 e. The average molecular weight is 198 g/mol. The van der Waals surface area contributed by atoms with Crippen molar-refractivity contribution in [3.63, 3.8) is 0 Å². The van der Waals surface area contributed by atoms with Gasteiger partial charge in [0.1, 0.15) is 0 Å². The third-order valence-electron chi connectivity index (χ3n) is 3.52. The first-order valence-corrected chi connectivity index (χ1v) is 6.01. The summed E-state index contributed by atoms with van der Waals surface area (Å²) in [6, 6.07) is 1.00. The lowest BCUT2D eigenvalue weighted by Gasteiger charge is -2.34. The Balaban J connectivity index is 1.76. The molecule has 2 fully saturated rings. The first-order valence-electron chi connectivity index (χ1n) is 6.01. The van der Waals surface area contributed by atoms with Gasteiger partial charge in [-0.2, -0.15) is 0 Å². The van der Waals surface area contributed by atoms with E-state index < -0.39 is 0 Å². The minimum atomic E-state index is -0.0985. The van der Waals surface area contributed by atoms with Crippen LogP contribution >= 0.6 is 0 Å². The fraction of sp³-hybridized carbons (Fsp3) is 1.00. The SMILES string of the molecule is O[C@@H]1CCCC[C@@H]1NC1CCNCC1. The van der Waals surface area contributed by atoms with E-state index in [1.807, 2.05) is 0 Å². The Morgan fingerprint density at radius 2 is 1.71 bits per heavy atom. The van der Waals surface area contributed by atoms with Crippen LogP contribution < -0.4 is 10.6 Å². The van der Waals surface area contributed by atoms with E-state index in [2.05, 4.69) is 10.6 Å². The first kappa shape index (κ1) is 10.4. The first-order chi connectivity index (χ1) is 6.86. The summed E-state index contributed by atoms with van der Waals surface area (Å²) < 4.78 is 0. The van der Waals surface area contributed by atoms with Gasteiger partial charge in [0.25, 0.3) is 0 Å². The molecule has 1 aliphatic heterocycles. The van der Waals surface area contributed by atoms with Gasteiger partial charge < -0.3 is 15.7 Å². The van der Waals surface area contributed by atoms with Crippen molar-refractivity contribution in [1.82, 2.24) is 10.6 Å². The molecule has 3 nitrogen and oxygen atoms in total. The van der Waals surface area contributed by atoms with E-state index in [9.17, 15) is 5.11 Å². The molecule has 0 aromatic heterocycles. The molecule has 2 rings (SSSR count). The van der Waals surface area contributed by atoms with Gasteiger partial charge >= 0.3 is 0 Å². The van der Waals surface area contributed by atoms with Gasteiger partial charge in [-0.3, -0.25) is 0 Å². The number of hydrogen-bond acceptors (Lipinski definition) is 3. The van der Waals surface area contributed by atoms with E-state index >= 15 is 0 Å². The predicted molar refractivity (Wildman–Crippen MR) is 57.3 cm³/mol. The molecule has 0 amide bonds. The maximum atomic E-state index is 9.82. The highest BCUT2D eigenvalue weighted by molar-refractivity contribution is 4.85. The topological polar surface area (TPSA) is 44.3 Å². The zero-order chi connectivity index (χ0) is 9.80. The van der Waals surface area contributed by atoms with Gasteiger partial charge in [0.15, 0.2) is 0 Å². The number of rotatable bonds is 2. The Morgan fingerprint density at radius 3 is 2.43 bits per heavy atom. The number of aliphatic hydroxyl groups is 1. The van der Waals surface area contributed by atoms with E-state index in [0.29, 0.717) is 12.1 Å². The zero-order valence-electron chi connectivity index (χ0n) is 8.84. The van der Waals surface area contributed by atoms with Crippen molar-refractivity contribution in [2.45, 2.75) is 56.7 Å². The Kier molecular flexibility index (Phi) is 3.79. The predicted octanol–water partition coefficient (Wildman–Crippen LogP) is 0.631. The highest BCUT2D eigenvalue weighted by Crippen LogP contribution is 2.19. The molecule has 1 heterocycles. The zero-order valence-corrected chi connectivity index (χ0v) is 8.84. The van der Waals surface area contributed by atoms with Crippen LogP contribution in [0.4, 0.5) is 0 Å². The number of hydrogen-bond donors (Lipinski definition) is 3. The molecule has 0 unspecified atom stereocenters. The highest BCUT2D eigenvalue weighted by atomic mass is 16.3. The smallest absolute Gasteiger partial charge is 0.0693 e. The lowest BCUT2D eigenvalue weighted by Crippen LogP contribution is -2.50. The molecule has 1 aliphatic carbocycles. The van der Waals surface area contributed by atoms with E-state index in [4.69, 9.17) is 0 Å². The van der Waals surface area contributed by atoms with Crippen molar-refractivity contribution in [2.75, 3.05) is 13.1 Å². The second-order valence-electron chi connectivity index (χ2n) is 4.65. The third-order valence-corrected chi connectivity index (χ3v) is 3.52. The maximum Gasteiger partial charge on any atom is 0.0693 e. The third kappa shape index (κ3) is 2.69. The standard InChI is InChI=1S/C11H22N2O/c14-11-4-2-1-3-10(11)13-9-5-7-12-8-6-9/h9-14H,1-8H2/t10-,11+/m0/s1. The summed E-state index contributed by atoms with van der Waals surface area (Å²) in [5.74, 6) is 0. The Hall–Kier alpha value is -0.120. The number of nitrogens with one attached hydrogen (secondary N) is 2. The molecule has 3 N–H and O–H groups in total. The van der Waals surface area contributed by atoms with Gasteiger partial charge in [-0.25, -0.2) is 0 Å². The van der Waals surface area contributed by atoms with Gasteiger partial charge in [0.05, 0.1) is 6.10 Å². The monoisotopic (exact) mass is 198 g/mol. The van der Waals surface area contributed by atoms with Crippen LogP contribution in [0.15, 0.2) is 0 Å². The van der Waals surface area contributed by atoms with Gasteiger partial charge in [-0.1, -0.05) is 12.8 Å². The minimum absolute atomic E-state index is 0.0985. The molecule has 1 saturated carbocycles. The Morgan fingerprint density at radius 1 is 1.00 bits per heavy atom. The molecule has 0 spiro atoms. The average Bonchev–Trinajstić information content (AvgIpc) is 2.23. The fourth-order valence-electron chi connectivity index (χ4n) is 2.60. The summed E-state index contributed by atoms with van der Waals surface area (Å²) in [5.41, 5.74) is 0. The lowest BCUT2D eigenvalue weighted by molar-refractivity contribution is 0.0822. The van der Waals surface area contributed by atoms with Crippen LogP contribution in [0.1, 0.15) is 38.5 Å². The molecule has 3 heteroatoms. The van der Waals surface area contributed by atoms with E-state index in [1.54, 1.807) is 0 Å². The second kappa shape index (κ2) is 5.10. The van der Waals surface area contributed by atoms with Crippen LogP contribution in [-0.4, -0.2) is 36.4 Å². The van der Waals surface area contributed by atoms with Crippen molar-refractivity contribution < 1.29 is 5.11 Å². The van der Waals surface area contributed by atoms with Crippen LogP contribution in [-0.2, 0) is 0 Å². The molecular formula is C11H22N2O. The van der Waals surface area contributed by atoms with Crippen molar-refractivity contribution in [3.05, 3.63) is 0 Å². The van der Waals surface area contributed by atoms with Crippen molar-refractivity contribution in [1.29, 1.82) is 0 Å². The van der Waals surface area contributed by atoms with Gasteiger partial charge in [-0.05, 0) is 38.8 Å². The lowest BCUT2D eigenvalue weighted by atomic mass is 9.91. The number of aliphatic hydroxyl groups excluding tert-OH is 1. The summed E-state index contributed by atoms with van der Waals surface area (Å²) in [4.78, 5) is 0. The molecule has 0 radical (unpaired) electrons. The van der Waals surface area contributed by atoms with Crippen LogP contribution in [0.3, 0.4) is 0 Å². The molecular weight excluding hydrogens is 176 g/mol. The molecule has 0 bridgehead atoms. The molecule has 1 saturated heterocycles. The summed E-state index contributed by atoms with van der Waals surface area (Å²) in [6.07, 6.45) is 6.95. The molecule has 2 aliphatic rings. The largest absolute Gasteiger partial charge is 0.392 e. The van der Waals surface area contributed by atoms with E-state index in [-0.39, 0.29) is 6.10 Å². The summed E-state index contributed by atoms with van der Waals surface area (Å²) in [7, 11) is 0. The normalized spacial score (nSPS) is 35.8. The molecule has 0 aromatic carbocycles. The van der Waals surface area contributed by atoms with Crippen LogP contribution in [0.2, 0.25) is 0 Å². The molecule has 2 atom stereocenters. The second-order valence-corrected chi connectivity index (χ2v) is 4.65. The Bertz CT molecular complexity index is 169.